The first-order valence-electron chi connectivity index (χ1n) is 11.7. The number of nitro groups is 1. The zero-order valence-corrected chi connectivity index (χ0v) is 20.6. The smallest absolute Gasteiger partial charge is 0.271 e. The third-order valence-electron chi connectivity index (χ3n) is 6.81. The van der Waals surface area contributed by atoms with Crippen molar-refractivity contribution in [3.63, 3.8) is 0 Å². The van der Waals surface area contributed by atoms with E-state index in [1.54, 1.807) is 34.9 Å². The Labute approximate surface area is 214 Å². The number of aryl methyl sites for hydroxylation is 1. The lowest BCUT2D eigenvalue weighted by Gasteiger charge is -2.30. The van der Waals surface area contributed by atoms with Crippen LogP contribution in [0.3, 0.4) is 0 Å². The highest BCUT2D eigenvalue weighted by atomic mass is 32.1. The molecule has 6 rings (SSSR count). The van der Waals surface area contributed by atoms with Gasteiger partial charge < -0.3 is 9.84 Å². The summed E-state index contributed by atoms with van der Waals surface area (Å²) < 4.78 is 7.23. The quantitative estimate of drug-likeness (QED) is 0.330. The lowest BCUT2D eigenvalue weighted by Crippen LogP contribution is -2.38. The highest BCUT2D eigenvalue weighted by Gasteiger charge is 2.33. The first-order chi connectivity index (χ1) is 18.0. The summed E-state index contributed by atoms with van der Waals surface area (Å²) >= 11 is 1.23. The molecule has 1 unspecified atom stereocenters. The predicted octanol–water partition coefficient (Wildman–Crippen LogP) is 3.94. The molecule has 2 aliphatic rings. The molecule has 1 aliphatic carbocycles. The van der Waals surface area contributed by atoms with Crippen LogP contribution in [0.25, 0.3) is 11.8 Å². The molecular weight excluding hydrogens is 490 g/mol. The van der Waals surface area contributed by atoms with Gasteiger partial charge in [-0.15, -0.1) is 0 Å². The Kier molecular flexibility index (Phi) is 5.49. The first kappa shape index (κ1) is 22.9. The van der Waals surface area contributed by atoms with E-state index in [1.807, 2.05) is 24.3 Å². The van der Waals surface area contributed by atoms with Crippen molar-refractivity contribution >= 4 is 28.8 Å². The molecule has 1 aliphatic heterocycles. The number of phenolic OH excluding ortho intramolecular Hbond substituents is 1. The third kappa shape index (κ3) is 3.75. The van der Waals surface area contributed by atoms with Crippen molar-refractivity contribution in [2.45, 2.75) is 18.9 Å². The fraction of sp³-hybridized carbons (Fsp3) is 0.143. The molecule has 0 bridgehead atoms. The SMILES string of the molecule is COc1cccc(C=c2sc3n(c2=O)C(c2cccc([N+](=O)[O-])c2)C2=C(N=3)c3ccccc3CC2)c1O. The minimum absolute atomic E-state index is 0.0312. The molecule has 8 nitrogen and oxygen atoms in total. The molecule has 0 fully saturated rings. The number of ether oxygens (including phenoxy) is 1. The summed E-state index contributed by atoms with van der Waals surface area (Å²) in [4.78, 5) is 30.4. The van der Waals surface area contributed by atoms with Gasteiger partial charge in [-0.05, 0) is 41.7 Å². The van der Waals surface area contributed by atoms with Crippen LogP contribution >= 0.6 is 11.3 Å². The summed E-state index contributed by atoms with van der Waals surface area (Å²) in [6.07, 6.45) is 3.10. The van der Waals surface area contributed by atoms with Crippen molar-refractivity contribution < 1.29 is 14.8 Å². The number of rotatable bonds is 4. The number of non-ortho nitro benzene ring substituents is 1. The molecule has 0 saturated carbocycles. The second-order valence-electron chi connectivity index (χ2n) is 8.86. The van der Waals surface area contributed by atoms with Gasteiger partial charge in [-0.3, -0.25) is 19.5 Å². The van der Waals surface area contributed by atoms with Gasteiger partial charge in [-0.1, -0.05) is 59.9 Å². The Morgan fingerprint density at radius 2 is 1.95 bits per heavy atom. The van der Waals surface area contributed by atoms with Gasteiger partial charge in [0.2, 0.25) is 0 Å². The van der Waals surface area contributed by atoms with E-state index < -0.39 is 11.0 Å². The molecule has 9 heteroatoms. The number of nitrogens with zero attached hydrogens (tertiary/aromatic N) is 3. The average Bonchev–Trinajstić information content (AvgIpc) is 3.23. The van der Waals surface area contributed by atoms with E-state index in [9.17, 15) is 20.0 Å². The predicted molar refractivity (Wildman–Crippen MR) is 141 cm³/mol. The van der Waals surface area contributed by atoms with Crippen LogP contribution in [-0.4, -0.2) is 21.7 Å². The highest BCUT2D eigenvalue weighted by Crippen LogP contribution is 2.41. The summed E-state index contributed by atoms with van der Waals surface area (Å²) in [7, 11) is 1.47. The van der Waals surface area contributed by atoms with Gasteiger partial charge in [0.25, 0.3) is 11.2 Å². The number of allylic oxidation sites excluding steroid dienone is 1. The summed E-state index contributed by atoms with van der Waals surface area (Å²) in [6, 6.07) is 19.1. The number of thiazole rings is 1. The van der Waals surface area contributed by atoms with E-state index in [-0.39, 0.29) is 17.0 Å². The Morgan fingerprint density at radius 1 is 1.14 bits per heavy atom. The maximum absolute atomic E-state index is 13.8. The molecular formula is C28H21N3O5S. The van der Waals surface area contributed by atoms with E-state index in [4.69, 9.17) is 9.73 Å². The lowest BCUT2D eigenvalue weighted by atomic mass is 9.83. The molecule has 1 atom stereocenters. The largest absolute Gasteiger partial charge is 0.504 e. The van der Waals surface area contributed by atoms with E-state index in [0.29, 0.717) is 32.6 Å². The van der Waals surface area contributed by atoms with Crippen LogP contribution in [0.15, 0.2) is 82.1 Å². The van der Waals surface area contributed by atoms with Crippen molar-refractivity contribution in [3.05, 3.63) is 124 Å². The van der Waals surface area contributed by atoms with E-state index >= 15 is 0 Å². The number of aromatic nitrogens is 1. The molecule has 184 valence electrons. The standard InChI is InChI=1S/C28H21N3O5S/c1-36-22-11-5-8-18(26(22)32)15-23-27(33)30-25(17-7-4-9-19(14-17)31(34)35)21-13-12-16-6-2-3-10-20(16)24(21)29-28(30)37-23/h2-11,14-15,25,32H,12-13H2,1H3. The monoisotopic (exact) mass is 511 g/mol. The summed E-state index contributed by atoms with van der Waals surface area (Å²) in [6.45, 7) is 0. The second kappa shape index (κ2) is 8.86. The Hall–Kier alpha value is -4.50. The highest BCUT2D eigenvalue weighted by molar-refractivity contribution is 7.07. The van der Waals surface area contributed by atoms with Crippen LogP contribution in [0.4, 0.5) is 5.69 Å². The number of hydrogen-bond acceptors (Lipinski definition) is 7. The summed E-state index contributed by atoms with van der Waals surface area (Å²) in [5.74, 6) is 0.252. The molecule has 2 heterocycles. The molecule has 1 aromatic heterocycles. The zero-order valence-electron chi connectivity index (χ0n) is 19.7. The number of nitro benzene ring substituents is 1. The van der Waals surface area contributed by atoms with Crippen LogP contribution in [0, 0.1) is 10.1 Å². The Morgan fingerprint density at radius 3 is 2.76 bits per heavy atom. The second-order valence-corrected chi connectivity index (χ2v) is 9.87. The number of phenols is 1. The number of benzene rings is 3. The number of para-hydroxylation sites is 1. The Balaban J connectivity index is 1.63. The van der Waals surface area contributed by atoms with E-state index in [2.05, 4.69) is 6.07 Å². The molecule has 37 heavy (non-hydrogen) atoms. The van der Waals surface area contributed by atoms with Crippen LogP contribution in [-0.2, 0) is 6.42 Å². The van der Waals surface area contributed by atoms with Gasteiger partial charge in [0.1, 0.15) is 0 Å². The van der Waals surface area contributed by atoms with E-state index in [1.165, 1.54) is 36.1 Å². The fourth-order valence-electron chi connectivity index (χ4n) is 5.09. The van der Waals surface area contributed by atoms with Gasteiger partial charge in [-0.2, -0.15) is 0 Å². The summed E-state index contributed by atoms with van der Waals surface area (Å²) in [5, 5.41) is 22.1. The normalized spacial score (nSPS) is 16.5. The molecule has 0 amide bonds. The van der Waals surface area contributed by atoms with Crippen molar-refractivity contribution in [2.24, 2.45) is 4.99 Å². The van der Waals surface area contributed by atoms with Crippen LogP contribution in [0.2, 0.25) is 0 Å². The van der Waals surface area contributed by atoms with Gasteiger partial charge in [0, 0.05) is 23.3 Å². The van der Waals surface area contributed by atoms with Gasteiger partial charge in [0.15, 0.2) is 16.3 Å². The maximum atomic E-state index is 13.8. The zero-order chi connectivity index (χ0) is 25.7. The number of fused-ring (bicyclic) bond motifs is 3. The van der Waals surface area contributed by atoms with Crippen LogP contribution in [0.5, 0.6) is 11.5 Å². The fourth-order valence-corrected chi connectivity index (χ4v) is 6.08. The molecule has 4 aromatic rings. The van der Waals surface area contributed by atoms with Gasteiger partial charge in [0.05, 0.1) is 28.3 Å². The number of aromatic hydroxyl groups is 1. The lowest BCUT2D eigenvalue weighted by molar-refractivity contribution is -0.384. The van der Waals surface area contributed by atoms with Gasteiger partial charge >= 0.3 is 0 Å². The first-order valence-corrected chi connectivity index (χ1v) is 12.5. The van der Waals surface area contributed by atoms with Crippen LogP contribution in [0.1, 0.15) is 34.7 Å². The summed E-state index contributed by atoms with van der Waals surface area (Å²) in [5.41, 5.74) is 4.78. The molecule has 0 radical (unpaired) electrons. The van der Waals surface area contributed by atoms with Crippen molar-refractivity contribution in [3.8, 4) is 11.5 Å². The number of hydrogen-bond donors (Lipinski definition) is 1. The molecule has 0 saturated heterocycles. The third-order valence-corrected chi connectivity index (χ3v) is 7.79. The van der Waals surface area contributed by atoms with Crippen LogP contribution < -0.4 is 19.6 Å². The molecule has 0 spiro atoms. The topological polar surface area (TPSA) is 107 Å². The van der Waals surface area contributed by atoms with Crippen molar-refractivity contribution in [1.82, 2.24) is 4.57 Å². The van der Waals surface area contributed by atoms with E-state index in [0.717, 1.165) is 23.3 Å². The van der Waals surface area contributed by atoms with Gasteiger partial charge in [-0.25, -0.2) is 4.99 Å². The molecule has 1 N–H and O–H groups in total. The van der Waals surface area contributed by atoms with Crippen molar-refractivity contribution in [2.75, 3.05) is 7.11 Å². The maximum Gasteiger partial charge on any atom is 0.271 e. The Bertz CT molecular complexity index is 1800. The van der Waals surface area contributed by atoms with Crippen molar-refractivity contribution in [1.29, 1.82) is 0 Å². The average molecular weight is 512 g/mol. The minimum atomic E-state index is -0.527. The molecule has 3 aromatic carbocycles. The minimum Gasteiger partial charge on any atom is -0.504 e. The number of methoxy groups -OCH3 is 1.